The third-order valence-electron chi connectivity index (χ3n) is 2.97. The lowest BCUT2D eigenvalue weighted by molar-refractivity contribution is -0.121. The van der Waals surface area contributed by atoms with Crippen molar-refractivity contribution in [1.29, 1.82) is 0 Å². The number of hydrogen-bond acceptors (Lipinski definition) is 3. The van der Waals surface area contributed by atoms with Gasteiger partial charge in [0, 0.05) is 17.9 Å². The first-order valence-corrected chi connectivity index (χ1v) is 7.22. The number of thioether (sulfide) groups is 1. The van der Waals surface area contributed by atoms with Crippen LogP contribution in [0.15, 0.2) is 24.3 Å². The van der Waals surface area contributed by atoms with Crippen LogP contribution in [0.5, 0.6) is 0 Å². The maximum atomic E-state index is 11.9. The fourth-order valence-electron chi connectivity index (χ4n) is 2.10. The number of rotatable bonds is 5. The number of carbonyl (C=O) groups excluding carboxylic acids is 2. The highest BCUT2D eigenvalue weighted by Gasteiger charge is 2.30. The summed E-state index contributed by atoms with van der Waals surface area (Å²) in [5, 5.41) is 5.10. The van der Waals surface area contributed by atoms with Gasteiger partial charge in [-0.2, -0.15) is 13.2 Å². The van der Waals surface area contributed by atoms with Crippen LogP contribution in [-0.4, -0.2) is 29.6 Å². The summed E-state index contributed by atoms with van der Waals surface area (Å²) in [4.78, 5) is 23.3. The van der Waals surface area contributed by atoms with Crippen LogP contribution in [0, 0.1) is 0 Å². The first kappa shape index (κ1) is 15.7. The van der Waals surface area contributed by atoms with Gasteiger partial charge in [-0.15, -0.1) is 0 Å². The highest BCUT2D eigenvalue weighted by molar-refractivity contribution is 8.00. The molecule has 0 aliphatic carbocycles. The molecule has 8 heteroatoms. The van der Waals surface area contributed by atoms with Gasteiger partial charge in [0.1, 0.15) is 0 Å². The van der Waals surface area contributed by atoms with Gasteiger partial charge in [0.2, 0.25) is 5.91 Å². The molecular weight excluding hydrogens is 305 g/mol. The monoisotopic (exact) mass is 318 g/mol. The van der Waals surface area contributed by atoms with Crippen molar-refractivity contribution in [2.75, 3.05) is 12.3 Å². The van der Waals surface area contributed by atoms with Crippen molar-refractivity contribution >= 4 is 23.6 Å². The van der Waals surface area contributed by atoms with Gasteiger partial charge >= 0.3 is 5.51 Å². The van der Waals surface area contributed by atoms with E-state index in [0.29, 0.717) is 5.56 Å². The molecule has 0 bridgehead atoms. The molecular formula is C13H13F3N2O2S. The zero-order chi connectivity index (χ0) is 15.5. The lowest BCUT2D eigenvalue weighted by Gasteiger charge is -2.12. The molecule has 1 heterocycles. The van der Waals surface area contributed by atoms with Crippen molar-refractivity contribution in [2.24, 2.45) is 0 Å². The Kier molecular flexibility index (Phi) is 4.76. The Balaban J connectivity index is 1.81. The van der Waals surface area contributed by atoms with E-state index in [1.54, 1.807) is 24.3 Å². The Morgan fingerprint density at radius 3 is 2.76 bits per heavy atom. The molecule has 21 heavy (non-hydrogen) atoms. The molecule has 1 aliphatic rings. The lowest BCUT2D eigenvalue weighted by atomic mass is 10.0. The number of amides is 2. The summed E-state index contributed by atoms with van der Waals surface area (Å²) in [6.45, 7) is -0.0642. The van der Waals surface area contributed by atoms with Crippen LogP contribution in [0.3, 0.4) is 0 Å². The van der Waals surface area contributed by atoms with Crippen LogP contribution in [-0.2, 0) is 4.79 Å². The summed E-state index contributed by atoms with van der Waals surface area (Å²) in [6.07, 6.45) is 0.0133. The molecule has 0 saturated heterocycles. The summed E-state index contributed by atoms with van der Waals surface area (Å²) in [5.74, 6) is -0.862. The van der Waals surface area contributed by atoms with Crippen LogP contribution < -0.4 is 10.6 Å². The predicted octanol–water partition coefficient (Wildman–Crippen LogP) is 2.23. The van der Waals surface area contributed by atoms with E-state index < -0.39 is 11.6 Å². The third kappa shape index (κ3) is 4.38. The van der Waals surface area contributed by atoms with Gasteiger partial charge in [-0.25, -0.2) is 0 Å². The van der Waals surface area contributed by atoms with Gasteiger partial charge in [0.05, 0.1) is 12.5 Å². The number of nitrogens with one attached hydrogen (secondary N) is 2. The second-order valence-corrected chi connectivity index (χ2v) is 5.62. The van der Waals surface area contributed by atoms with Crippen molar-refractivity contribution < 1.29 is 22.8 Å². The fraction of sp³-hybridized carbons (Fsp3) is 0.385. The molecule has 0 saturated carbocycles. The molecule has 0 radical (unpaired) electrons. The Bertz CT molecular complexity index is 548. The van der Waals surface area contributed by atoms with Gasteiger partial charge < -0.3 is 10.6 Å². The van der Waals surface area contributed by atoms with E-state index >= 15 is 0 Å². The quantitative estimate of drug-likeness (QED) is 0.819. The Morgan fingerprint density at radius 2 is 2.05 bits per heavy atom. The average Bonchev–Trinajstić information content (AvgIpc) is 2.71. The zero-order valence-corrected chi connectivity index (χ0v) is 11.7. The molecule has 2 N–H and O–H groups in total. The molecule has 2 amide bonds. The number of carbonyl (C=O) groups is 2. The number of hydrogen-bond donors (Lipinski definition) is 2. The molecule has 1 atom stereocenters. The highest BCUT2D eigenvalue weighted by Crippen LogP contribution is 2.29. The molecule has 0 spiro atoms. The topological polar surface area (TPSA) is 58.2 Å². The van der Waals surface area contributed by atoms with E-state index in [2.05, 4.69) is 10.6 Å². The maximum absolute atomic E-state index is 11.9. The number of benzene rings is 1. The summed E-state index contributed by atoms with van der Waals surface area (Å²) in [5.41, 5.74) is -3.02. The van der Waals surface area contributed by atoms with Crippen LogP contribution in [0.2, 0.25) is 0 Å². The van der Waals surface area contributed by atoms with E-state index in [0.717, 1.165) is 5.56 Å². The Hall–Kier alpha value is -1.70. The van der Waals surface area contributed by atoms with Gasteiger partial charge in [0.15, 0.2) is 0 Å². The first-order chi connectivity index (χ1) is 9.87. The summed E-state index contributed by atoms with van der Waals surface area (Å²) < 4.78 is 35.8. The minimum absolute atomic E-state index is 0.0133. The average molecular weight is 318 g/mol. The molecule has 1 unspecified atom stereocenters. The standard InChI is InChI=1S/C13H13F3N2O2S/c14-13(15,16)21-6-5-17-11(19)7-10-8-3-1-2-4-9(8)12(20)18-10/h1-4,10H,5-7H2,(H,17,19)(H,18,20). The largest absolute Gasteiger partial charge is 0.441 e. The lowest BCUT2D eigenvalue weighted by Crippen LogP contribution is -2.30. The van der Waals surface area contributed by atoms with Crippen LogP contribution in [0.1, 0.15) is 28.4 Å². The van der Waals surface area contributed by atoms with Crippen molar-refractivity contribution in [1.82, 2.24) is 10.6 Å². The minimum atomic E-state index is -4.29. The number of alkyl halides is 3. The Morgan fingerprint density at radius 1 is 1.33 bits per heavy atom. The molecule has 2 rings (SSSR count). The maximum Gasteiger partial charge on any atom is 0.441 e. The number of fused-ring (bicyclic) bond motifs is 1. The molecule has 1 aromatic rings. The third-order valence-corrected chi connectivity index (χ3v) is 3.70. The molecule has 1 aromatic carbocycles. The number of halogens is 3. The minimum Gasteiger partial charge on any atom is -0.355 e. The van der Waals surface area contributed by atoms with Gasteiger partial charge in [0.25, 0.3) is 5.91 Å². The van der Waals surface area contributed by atoms with E-state index in [4.69, 9.17) is 0 Å². The summed E-state index contributed by atoms with van der Waals surface area (Å²) >= 11 is -0.177. The first-order valence-electron chi connectivity index (χ1n) is 6.24. The highest BCUT2D eigenvalue weighted by atomic mass is 32.2. The van der Waals surface area contributed by atoms with Crippen LogP contribution in [0.4, 0.5) is 13.2 Å². The fourth-order valence-corrected chi connectivity index (χ4v) is 2.53. The van der Waals surface area contributed by atoms with Gasteiger partial charge in [-0.05, 0) is 23.4 Å². The SMILES string of the molecule is O=C(CC1NC(=O)c2ccccc21)NCCSC(F)(F)F. The smallest absolute Gasteiger partial charge is 0.355 e. The van der Waals surface area contributed by atoms with Gasteiger partial charge in [-0.3, -0.25) is 9.59 Å². The van der Waals surface area contributed by atoms with Crippen molar-refractivity contribution in [3.8, 4) is 0 Å². The van der Waals surface area contributed by atoms with E-state index in [9.17, 15) is 22.8 Å². The van der Waals surface area contributed by atoms with Gasteiger partial charge in [-0.1, -0.05) is 18.2 Å². The van der Waals surface area contributed by atoms with Crippen molar-refractivity contribution in [3.05, 3.63) is 35.4 Å². The second kappa shape index (κ2) is 6.38. The van der Waals surface area contributed by atoms with E-state index in [-0.39, 0.29) is 42.3 Å². The van der Waals surface area contributed by atoms with Crippen molar-refractivity contribution in [2.45, 2.75) is 18.0 Å². The summed E-state index contributed by atoms with van der Waals surface area (Å²) in [6, 6.07) is 6.50. The van der Waals surface area contributed by atoms with Crippen molar-refractivity contribution in [3.63, 3.8) is 0 Å². The van der Waals surface area contributed by atoms with E-state index in [1.165, 1.54) is 0 Å². The normalized spacial score (nSPS) is 17.3. The second-order valence-electron chi connectivity index (χ2n) is 4.46. The molecule has 4 nitrogen and oxygen atoms in total. The summed E-state index contributed by atoms with van der Waals surface area (Å²) in [7, 11) is 0. The molecule has 1 aliphatic heterocycles. The van der Waals surface area contributed by atoms with E-state index in [1.807, 2.05) is 0 Å². The molecule has 0 fully saturated rings. The van der Waals surface area contributed by atoms with Crippen LogP contribution in [0.25, 0.3) is 0 Å². The van der Waals surface area contributed by atoms with Crippen LogP contribution >= 0.6 is 11.8 Å². The molecule has 114 valence electrons. The Labute approximate surface area is 123 Å². The zero-order valence-electron chi connectivity index (χ0n) is 10.9. The predicted molar refractivity (Wildman–Crippen MR) is 72.8 cm³/mol. The molecule has 0 aromatic heterocycles.